The van der Waals surface area contributed by atoms with Crippen LogP contribution in [0.25, 0.3) is 0 Å². The second kappa shape index (κ2) is 2.75. The molecule has 2 saturated heterocycles. The quantitative estimate of drug-likeness (QED) is 0.602. The molecule has 2 aliphatic rings. The molecule has 0 saturated carbocycles. The molecule has 0 unspecified atom stereocenters. The molecule has 0 aromatic carbocycles. The molecule has 3 heteroatoms. The molecule has 0 N–H and O–H groups in total. The van der Waals surface area contributed by atoms with Crippen molar-refractivity contribution in [1.29, 1.82) is 0 Å². The zero-order chi connectivity index (χ0) is 10.5. The molecule has 0 bridgehead atoms. The number of fused-ring (bicyclic) bond motifs is 1. The van der Waals surface area contributed by atoms with Gasteiger partial charge in [0.2, 0.25) is 0 Å². The van der Waals surface area contributed by atoms with Crippen molar-refractivity contribution in [2.75, 3.05) is 6.61 Å². The fraction of sp³-hybridized carbons (Fsp3) is 0.727. The Labute approximate surface area is 84.7 Å². The van der Waals surface area contributed by atoms with E-state index in [0.717, 1.165) is 6.42 Å². The first-order valence-corrected chi connectivity index (χ1v) is 5.14. The van der Waals surface area contributed by atoms with Crippen LogP contribution >= 0.6 is 0 Å². The van der Waals surface area contributed by atoms with Gasteiger partial charge in [-0.15, -0.1) is 0 Å². The number of amides is 1. The summed E-state index contributed by atoms with van der Waals surface area (Å²) in [5, 5.41) is 0. The third-order valence-corrected chi connectivity index (χ3v) is 3.18. The van der Waals surface area contributed by atoms with E-state index in [0.29, 0.717) is 12.6 Å². The van der Waals surface area contributed by atoms with Crippen LogP contribution in [0.3, 0.4) is 0 Å². The van der Waals surface area contributed by atoms with Crippen LogP contribution in [-0.2, 0) is 4.74 Å². The van der Waals surface area contributed by atoms with Gasteiger partial charge in [0.25, 0.3) is 0 Å². The molecule has 0 radical (unpaired) electrons. The smallest absolute Gasteiger partial charge is 0.414 e. The van der Waals surface area contributed by atoms with E-state index in [1.54, 1.807) is 4.90 Å². The molecule has 3 nitrogen and oxygen atoms in total. The maximum Gasteiger partial charge on any atom is 0.414 e. The van der Waals surface area contributed by atoms with Gasteiger partial charge in [-0.3, -0.25) is 4.90 Å². The van der Waals surface area contributed by atoms with Crippen molar-refractivity contribution in [3.63, 3.8) is 0 Å². The summed E-state index contributed by atoms with van der Waals surface area (Å²) >= 11 is 0. The zero-order valence-electron chi connectivity index (χ0n) is 9.26. The van der Waals surface area contributed by atoms with Crippen LogP contribution in [0.15, 0.2) is 11.3 Å². The van der Waals surface area contributed by atoms with Crippen molar-refractivity contribution in [2.24, 2.45) is 5.41 Å². The van der Waals surface area contributed by atoms with Crippen LogP contribution in [-0.4, -0.2) is 23.6 Å². The van der Waals surface area contributed by atoms with Gasteiger partial charge in [-0.25, -0.2) is 4.79 Å². The number of carbonyl (C=O) groups is 1. The second-order valence-electron chi connectivity index (χ2n) is 4.83. The average molecular weight is 195 g/mol. The first-order valence-electron chi connectivity index (χ1n) is 5.14. The molecule has 0 aliphatic carbocycles. The first-order chi connectivity index (χ1) is 6.49. The van der Waals surface area contributed by atoms with E-state index in [-0.39, 0.29) is 11.5 Å². The van der Waals surface area contributed by atoms with Gasteiger partial charge in [-0.05, 0) is 13.3 Å². The van der Waals surface area contributed by atoms with Crippen LogP contribution in [0.2, 0.25) is 0 Å². The minimum absolute atomic E-state index is 0.0691. The van der Waals surface area contributed by atoms with E-state index < -0.39 is 0 Å². The molecule has 2 fully saturated rings. The number of carbonyl (C=O) groups excluding carboxylic acids is 1. The summed E-state index contributed by atoms with van der Waals surface area (Å²) in [7, 11) is 0. The SMILES string of the molecule is CC/C(C)=C1\[C@H]2N1C(=O)OCC2(C)C. The van der Waals surface area contributed by atoms with Crippen molar-refractivity contribution >= 4 is 6.09 Å². The average Bonchev–Trinajstić information content (AvgIpc) is 2.87. The van der Waals surface area contributed by atoms with Gasteiger partial charge in [0.05, 0.1) is 6.04 Å². The van der Waals surface area contributed by atoms with Crippen LogP contribution in [0.5, 0.6) is 0 Å². The second-order valence-corrected chi connectivity index (χ2v) is 4.83. The Morgan fingerprint density at radius 3 is 2.79 bits per heavy atom. The van der Waals surface area contributed by atoms with Gasteiger partial charge in [0.15, 0.2) is 0 Å². The highest BCUT2D eigenvalue weighted by Gasteiger charge is 2.59. The number of allylic oxidation sites excluding steroid dienone is 1. The van der Waals surface area contributed by atoms with Gasteiger partial charge in [0, 0.05) is 11.1 Å². The Morgan fingerprint density at radius 2 is 2.29 bits per heavy atom. The van der Waals surface area contributed by atoms with E-state index in [1.807, 2.05) is 0 Å². The zero-order valence-corrected chi connectivity index (χ0v) is 9.26. The number of nitrogens with zero attached hydrogens (tertiary/aromatic N) is 1. The predicted octanol–water partition coefficient (Wildman–Crippen LogP) is 2.53. The summed E-state index contributed by atoms with van der Waals surface area (Å²) in [6, 6.07) is 0.295. The highest BCUT2D eigenvalue weighted by atomic mass is 16.6. The highest BCUT2D eigenvalue weighted by Crippen LogP contribution is 2.50. The Hall–Kier alpha value is -0.990. The summed E-state index contributed by atoms with van der Waals surface area (Å²) in [4.78, 5) is 13.2. The van der Waals surface area contributed by atoms with E-state index in [1.165, 1.54) is 11.3 Å². The standard InChI is InChI=1S/C11H17NO2/c1-5-7(2)8-9-11(3,4)6-14-10(13)12(8)9/h9H,5-6H2,1-4H3/b8-7+/t9-,12?/m1/s1. The van der Waals surface area contributed by atoms with Crippen molar-refractivity contribution in [3.05, 3.63) is 11.3 Å². The lowest BCUT2D eigenvalue weighted by Crippen LogP contribution is -2.37. The van der Waals surface area contributed by atoms with E-state index in [4.69, 9.17) is 4.74 Å². The van der Waals surface area contributed by atoms with Gasteiger partial charge in [0.1, 0.15) is 6.61 Å². The number of hydrogen-bond acceptors (Lipinski definition) is 2. The van der Waals surface area contributed by atoms with E-state index in [2.05, 4.69) is 27.7 Å². The molecule has 2 rings (SSSR count). The van der Waals surface area contributed by atoms with Crippen molar-refractivity contribution in [3.8, 4) is 0 Å². The fourth-order valence-corrected chi connectivity index (χ4v) is 2.13. The lowest BCUT2D eigenvalue weighted by Gasteiger charge is -2.27. The van der Waals surface area contributed by atoms with Gasteiger partial charge in [-0.2, -0.15) is 0 Å². The molecule has 14 heavy (non-hydrogen) atoms. The van der Waals surface area contributed by atoms with Crippen LogP contribution < -0.4 is 0 Å². The normalized spacial score (nSPS) is 32.1. The molecule has 2 heterocycles. The van der Waals surface area contributed by atoms with Gasteiger partial charge >= 0.3 is 6.09 Å². The molecule has 1 amide bonds. The predicted molar refractivity (Wildman–Crippen MR) is 53.7 cm³/mol. The summed E-state index contributed by atoms with van der Waals surface area (Å²) < 4.78 is 5.12. The van der Waals surface area contributed by atoms with Gasteiger partial charge < -0.3 is 4.74 Å². The summed E-state index contributed by atoms with van der Waals surface area (Å²) in [6.07, 6.45) is 0.836. The fourth-order valence-electron chi connectivity index (χ4n) is 2.13. The Balaban J connectivity index is 2.32. The molecule has 78 valence electrons. The number of rotatable bonds is 1. The summed E-state index contributed by atoms with van der Waals surface area (Å²) in [5.41, 5.74) is 2.57. The molecular weight excluding hydrogens is 178 g/mol. The Morgan fingerprint density at radius 1 is 1.64 bits per heavy atom. The third kappa shape index (κ3) is 1.15. The number of cyclic esters (lactones) is 1. The van der Waals surface area contributed by atoms with Crippen molar-refractivity contribution in [1.82, 2.24) is 4.90 Å². The maximum atomic E-state index is 11.4. The van der Waals surface area contributed by atoms with Crippen LogP contribution in [0, 0.1) is 5.41 Å². The molecule has 2 aliphatic heterocycles. The summed E-state index contributed by atoms with van der Waals surface area (Å²) in [6.45, 7) is 9.04. The lowest BCUT2D eigenvalue weighted by atomic mass is 9.88. The molecular formula is C11H17NO2. The number of hydrogen-bond donors (Lipinski definition) is 0. The van der Waals surface area contributed by atoms with E-state index in [9.17, 15) is 4.79 Å². The maximum absolute atomic E-state index is 11.4. The number of ether oxygens (including phenoxy) is 1. The van der Waals surface area contributed by atoms with Crippen LogP contribution in [0.4, 0.5) is 4.79 Å². The minimum atomic E-state index is -0.169. The molecule has 0 aromatic rings. The summed E-state index contributed by atoms with van der Waals surface area (Å²) in [5.74, 6) is 0. The molecule has 0 spiro atoms. The first kappa shape index (κ1) is 9.56. The van der Waals surface area contributed by atoms with Crippen molar-refractivity contribution in [2.45, 2.75) is 40.2 Å². The molecule has 0 aromatic heterocycles. The van der Waals surface area contributed by atoms with Gasteiger partial charge in [-0.1, -0.05) is 26.3 Å². The molecule has 1 atom stereocenters. The Kier molecular flexibility index (Phi) is 1.88. The highest BCUT2D eigenvalue weighted by molar-refractivity contribution is 5.78. The van der Waals surface area contributed by atoms with Crippen molar-refractivity contribution < 1.29 is 9.53 Å². The van der Waals surface area contributed by atoms with Crippen LogP contribution in [0.1, 0.15) is 34.1 Å². The van der Waals surface area contributed by atoms with E-state index >= 15 is 0 Å². The monoisotopic (exact) mass is 195 g/mol. The Bertz CT molecular complexity index is 317. The largest absolute Gasteiger partial charge is 0.448 e. The topological polar surface area (TPSA) is 29.3 Å². The minimum Gasteiger partial charge on any atom is -0.448 e. The third-order valence-electron chi connectivity index (χ3n) is 3.18. The lowest BCUT2D eigenvalue weighted by molar-refractivity contribution is 0.0497.